The van der Waals surface area contributed by atoms with Crippen molar-refractivity contribution in [3.8, 4) is 6.07 Å². The molecule has 1 rings (SSSR count). The van der Waals surface area contributed by atoms with Gasteiger partial charge in [-0.25, -0.2) is 4.68 Å². The number of aryl methyl sites for hydroxylation is 1. The van der Waals surface area contributed by atoms with E-state index < -0.39 is 0 Å². The summed E-state index contributed by atoms with van der Waals surface area (Å²) in [5.41, 5.74) is 1.03. The number of ether oxygens (including phenoxy) is 1. The Hall–Kier alpha value is -1.41. The molecule has 1 aromatic heterocycles. The number of hydrogen-bond acceptors (Lipinski definition) is 4. The first-order chi connectivity index (χ1) is 5.29. The van der Waals surface area contributed by atoms with Crippen LogP contribution in [0.4, 0.5) is 0 Å². The van der Waals surface area contributed by atoms with Crippen molar-refractivity contribution < 1.29 is 4.74 Å². The molecule has 0 aromatic carbocycles. The third-order valence-electron chi connectivity index (χ3n) is 1.33. The van der Waals surface area contributed by atoms with Gasteiger partial charge in [-0.2, -0.15) is 5.26 Å². The summed E-state index contributed by atoms with van der Waals surface area (Å²) in [7, 11) is 3.29. The average molecular weight is 152 g/mol. The number of rotatable bonds is 2. The monoisotopic (exact) mass is 152 g/mol. The van der Waals surface area contributed by atoms with E-state index in [9.17, 15) is 0 Å². The van der Waals surface area contributed by atoms with Crippen LogP contribution in [0.5, 0.6) is 0 Å². The van der Waals surface area contributed by atoms with E-state index >= 15 is 0 Å². The normalized spacial score (nSPS) is 9.55. The molecule has 11 heavy (non-hydrogen) atoms. The fraction of sp³-hybridized carbons (Fsp3) is 0.500. The second-order valence-electron chi connectivity index (χ2n) is 2.05. The van der Waals surface area contributed by atoms with Crippen LogP contribution in [-0.2, 0) is 18.4 Å². The van der Waals surface area contributed by atoms with Gasteiger partial charge in [0.25, 0.3) is 0 Å². The van der Waals surface area contributed by atoms with Crippen LogP contribution in [0, 0.1) is 11.3 Å². The molecule has 0 aliphatic heterocycles. The molecule has 0 fully saturated rings. The molecule has 0 aliphatic rings. The molecule has 1 aromatic rings. The summed E-state index contributed by atoms with van der Waals surface area (Å²) >= 11 is 0. The van der Waals surface area contributed by atoms with Gasteiger partial charge in [-0.3, -0.25) is 0 Å². The van der Waals surface area contributed by atoms with Crippen molar-refractivity contribution in [3.05, 3.63) is 11.4 Å². The zero-order chi connectivity index (χ0) is 8.27. The lowest BCUT2D eigenvalue weighted by Crippen LogP contribution is -2.00. The second-order valence-corrected chi connectivity index (χ2v) is 2.05. The van der Waals surface area contributed by atoms with Crippen LogP contribution >= 0.6 is 0 Å². The van der Waals surface area contributed by atoms with Gasteiger partial charge in [-0.1, -0.05) is 5.21 Å². The molecule has 0 saturated carbocycles. The second kappa shape index (κ2) is 3.12. The van der Waals surface area contributed by atoms with Gasteiger partial charge in [0.15, 0.2) is 5.69 Å². The summed E-state index contributed by atoms with van der Waals surface area (Å²) in [6.45, 7) is 0.367. The molecular formula is C6H8N4O. The molecule has 0 unspecified atom stereocenters. The van der Waals surface area contributed by atoms with Crippen LogP contribution in [-0.4, -0.2) is 22.1 Å². The lowest BCUT2D eigenvalue weighted by atomic mass is 10.3. The Bertz CT molecular complexity index is 285. The highest BCUT2D eigenvalue weighted by Crippen LogP contribution is 2.02. The van der Waals surface area contributed by atoms with Gasteiger partial charge in [0.1, 0.15) is 11.8 Å². The van der Waals surface area contributed by atoms with E-state index in [1.165, 1.54) is 4.68 Å². The Morgan fingerprint density at radius 3 is 3.00 bits per heavy atom. The van der Waals surface area contributed by atoms with Crippen molar-refractivity contribution >= 4 is 0 Å². The Labute approximate surface area is 64.2 Å². The van der Waals surface area contributed by atoms with E-state index in [1.54, 1.807) is 14.2 Å². The Kier molecular flexibility index (Phi) is 2.18. The van der Waals surface area contributed by atoms with Gasteiger partial charge >= 0.3 is 0 Å². The first-order valence-electron chi connectivity index (χ1n) is 3.07. The Morgan fingerprint density at radius 2 is 2.45 bits per heavy atom. The average Bonchev–Trinajstić information content (AvgIpc) is 2.34. The van der Waals surface area contributed by atoms with Gasteiger partial charge in [-0.15, -0.1) is 5.10 Å². The molecule has 0 amide bonds. The number of methoxy groups -OCH3 is 1. The molecule has 58 valence electrons. The third kappa shape index (κ3) is 1.36. The Morgan fingerprint density at radius 1 is 1.73 bits per heavy atom. The zero-order valence-corrected chi connectivity index (χ0v) is 6.40. The van der Waals surface area contributed by atoms with Crippen molar-refractivity contribution in [3.63, 3.8) is 0 Å². The maximum atomic E-state index is 8.54. The number of hydrogen-bond donors (Lipinski definition) is 0. The molecule has 5 heteroatoms. The maximum Gasteiger partial charge on any atom is 0.188 e. The first kappa shape index (κ1) is 7.69. The van der Waals surface area contributed by atoms with E-state index in [2.05, 4.69) is 10.3 Å². The van der Waals surface area contributed by atoms with Gasteiger partial charge in [0.05, 0.1) is 6.61 Å². The van der Waals surface area contributed by atoms with Crippen molar-refractivity contribution in [2.75, 3.05) is 7.11 Å². The molecule has 0 bridgehead atoms. The molecule has 0 saturated heterocycles. The van der Waals surface area contributed by atoms with E-state index in [-0.39, 0.29) is 0 Å². The van der Waals surface area contributed by atoms with Crippen molar-refractivity contribution in [1.29, 1.82) is 5.26 Å². The largest absolute Gasteiger partial charge is 0.378 e. The highest BCUT2D eigenvalue weighted by Gasteiger charge is 2.08. The lowest BCUT2D eigenvalue weighted by molar-refractivity contribution is 0.177. The minimum absolute atomic E-state index is 0.328. The minimum Gasteiger partial charge on any atom is -0.378 e. The third-order valence-corrected chi connectivity index (χ3v) is 1.33. The van der Waals surface area contributed by atoms with Crippen molar-refractivity contribution in [2.45, 2.75) is 6.61 Å². The fourth-order valence-corrected chi connectivity index (χ4v) is 0.762. The van der Waals surface area contributed by atoms with Crippen LogP contribution < -0.4 is 0 Å². The number of nitrogens with zero attached hydrogens (tertiary/aromatic N) is 4. The summed E-state index contributed by atoms with van der Waals surface area (Å²) < 4.78 is 6.39. The molecule has 0 aliphatic carbocycles. The predicted octanol–water partition coefficient (Wildman–Crippen LogP) is -0.167. The molecule has 0 atom stereocenters. The summed E-state index contributed by atoms with van der Waals surface area (Å²) in [6.07, 6.45) is 0. The molecular weight excluding hydrogens is 144 g/mol. The van der Waals surface area contributed by atoms with E-state index in [0.717, 1.165) is 0 Å². The Balaban J connectivity index is 3.00. The maximum absolute atomic E-state index is 8.54. The number of aromatic nitrogens is 3. The van der Waals surface area contributed by atoms with E-state index in [4.69, 9.17) is 10.00 Å². The molecule has 5 nitrogen and oxygen atoms in total. The number of nitriles is 1. The van der Waals surface area contributed by atoms with Crippen LogP contribution in [0.15, 0.2) is 0 Å². The van der Waals surface area contributed by atoms with Crippen LogP contribution in [0.2, 0.25) is 0 Å². The first-order valence-corrected chi connectivity index (χ1v) is 3.07. The smallest absolute Gasteiger partial charge is 0.188 e. The van der Waals surface area contributed by atoms with Gasteiger partial charge in [0.2, 0.25) is 0 Å². The van der Waals surface area contributed by atoms with Gasteiger partial charge < -0.3 is 4.74 Å². The van der Waals surface area contributed by atoms with E-state index in [1.807, 2.05) is 6.07 Å². The summed E-state index contributed by atoms with van der Waals surface area (Å²) in [6, 6.07) is 1.93. The molecule has 0 radical (unpaired) electrons. The summed E-state index contributed by atoms with van der Waals surface area (Å²) in [4.78, 5) is 0. The minimum atomic E-state index is 0.328. The quantitative estimate of drug-likeness (QED) is 0.590. The van der Waals surface area contributed by atoms with Crippen LogP contribution in [0.3, 0.4) is 0 Å². The van der Waals surface area contributed by atoms with Crippen LogP contribution in [0.25, 0.3) is 0 Å². The highest BCUT2D eigenvalue weighted by atomic mass is 16.5. The lowest BCUT2D eigenvalue weighted by Gasteiger charge is -1.96. The van der Waals surface area contributed by atoms with Gasteiger partial charge in [0, 0.05) is 14.2 Å². The topological polar surface area (TPSA) is 63.7 Å². The highest BCUT2D eigenvalue weighted by molar-refractivity contribution is 5.23. The van der Waals surface area contributed by atoms with Crippen molar-refractivity contribution in [1.82, 2.24) is 15.0 Å². The van der Waals surface area contributed by atoms with Crippen LogP contribution in [0.1, 0.15) is 11.4 Å². The molecule has 1 heterocycles. The summed E-state index contributed by atoms with van der Waals surface area (Å²) in [5.74, 6) is 0. The molecule has 0 spiro atoms. The fourth-order valence-electron chi connectivity index (χ4n) is 0.762. The zero-order valence-electron chi connectivity index (χ0n) is 6.40. The summed E-state index contributed by atoms with van der Waals surface area (Å²) in [5, 5.41) is 15.8. The predicted molar refractivity (Wildman–Crippen MR) is 36.4 cm³/mol. The van der Waals surface area contributed by atoms with Gasteiger partial charge in [-0.05, 0) is 0 Å². The SMILES string of the molecule is COCc1c(C#N)nnn1C. The van der Waals surface area contributed by atoms with E-state index in [0.29, 0.717) is 18.0 Å². The van der Waals surface area contributed by atoms with Crippen molar-refractivity contribution in [2.24, 2.45) is 7.05 Å². The standard InChI is InChI=1S/C6H8N4O/c1-10-6(4-11-2)5(3-7)8-9-10/h4H2,1-2H3. The molecule has 0 N–H and O–H groups in total.